The van der Waals surface area contributed by atoms with E-state index in [-0.39, 0.29) is 0 Å². The number of nitrogens with one attached hydrogen (secondary N) is 2. The summed E-state index contributed by atoms with van der Waals surface area (Å²) in [5.74, 6) is 0.710. The van der Waals surface area contributed by atoms with Crippen LogP contribution in [0, 0.1) is 5.92 Å². The lowest BCUT2D eigenvalue weighted by Crippen LogP contribution is -2.09. The van der Waals surface area contributed by atoms with Crippen molar-refractivity contribution in [2.75, 3.05) is 11.9 Å². The Kier molecular flexibility index (Phi) is 3.81. The molecule has 1 aromatic carbocycles. The maximum absolute atomic E-state index is 3.95. The van der Waals surface area contributed by atoms with Crippen molar-refractivity contribution in [3.05, 3.63) is 36.5 Å². The second-order valence-electron chi connectivity index (χ2n) is 4.44. The zero-order valence-corrected chi connectivity index (χ0v) is 10.4. The molecule has 0 saturated carbocycles. The third-order valence-electron chi connectivity index (χ3n) is 3.05. The van der Waals surface area contributed by atoms with E-state index < -0.39 is 0 Å². The SMILES string of the molecule is CCC(C)CNc1ccc(-c2ccn[nH]2)cc1. The Morgan fingerprint density at radius 3 is 2.59 bits per heavy atom. The Balaban J connectivity index is 1.99. The normalized spacial score (nSPS) is 12.4. The number of benzene rings is 1. The zero-order valence-electron chi connectivity index (χ0n) is 10.4. The van der Waals surface area contributed by atoms with E-state index in [9.17, 15) is 0 Å². The van der Waals surface area contributed by atoms with Gasteiger partial charge in [0.05, 0.1) is 5.69 Å². The quantitative estimate of drug-likeness (QED) is 0.823. The number of aromatic nitrogens is 2. The maximum atomic E-state index is 3.95. The van der Waals surface area contributed by atoms with Gasteiger partial charge in [0.15, 0.2) is 0 Å². The molecule has 0 bridgehead atoms. The van der Waals surface area contributed by atoms with Crippen LogP contribution in [-0.4, -0.2) is 16.7 Å². The predicted molar refractivity (Wildman–Crippen MR) is 72.0 cm³/mol. The Labute approximate surface area is 102 Å². The largest absolute Gasteiger partial charge is 0.385 e. The Morgan fingerprint density at radius 1 is 1.24 bits per heavy atom. The molecule has 17 heavy (non-hydrogen) atoms. The Bertz CT molecular complexity index is 431. The van der Waals surface area contributed by atoms with Crippen LogP contribution < -0.4 is 5.32 Å². The van der Waals surface area contributed by atoms with Crippen LogP contribution in [0.5, 0.6) is 0 Å². The van der Waals surface area contributed by atoms with E-state index in [1.54, 1.807) is 6.20 Å². The fourth-order valence-electron chi connectivity index (χ4n) is 1.62. The number of rotatable bonds is 5. The van der Waals surface area contributed by atoms with Gasteiger partial charge in [-0.3, -0.25) is 5.10 Å². The van der Waals surface area contributed by atoms with E-state index in [0.717, 1.165) is 17.8 Å². The van der Waals surface area contributed by atoms with Gasteiger partial charge >= 0.3 is 0 Å². The molecule has 3 nitrogen and oxygen atoms in total. The monoisotopic (exact) mass is 229 g/mol. The van der Waals surface area contributed by atoms with Crippen LogP contribution in [0.3, 0.4) is 0 Å². The third-order valence-corrected chi connectivity index (χ3v) is 3.05. The van der Waals surface area contributed by atoms with Gasteiger partial charge in [-0.2, -0.15) is 5.10 Å². The van der Waals surface area contributed by atoms with Crippen LogP contribution in [-0.2, 0) is 0 Å². The molecule has 3 heteroatoms. The van der Waals surface area contributed by atoms with Crippen molar-refractivity contribution in [3.63, 3.8) is 0 Å². The summed E-state index contributed by atoms with van der Waals surface area (Å²) < 4.78 is 0. The second kappa shape index (κ2) is 5.53. The summed E-state index contributed by atoms with van der Waals surface area (Å²) >= 11 is 0. The van der Waals surface area contributed by atoms with Crippen LogP contribution in [0.2, 0.25) is 0 Å². The highest BCUT2D eigenvalue weighted by Crippen LogP contribution is 2.19. The van der Waals surface area contributed by atoms with E-state index in [2.05, 4.69) is 53.6 Å². The summed E-state index contributed by atoms with van der Waals surface area (Å²) in [5, 5.41) is 10.4. The molecule has 0 aliphatic rings. The van der Waals surface area contributed by atoms with E-state index >= 15 is 0 Å². The number of H-pyrrole nitrogens is 1. The molecule has 2 N–H and O–H groups in total. The lowest BCUT2D eigenvalue weighted by atomic mass is 10.1. The molecule has 2 aromatic rings. The summed E-state index contributed by atoms with van der Waals surface area (Å²) in [5.41, 5.74) is 3.39. The molecule has 1 atom stereocenters. The van der Waals surface area contributed by atoms with Gasteiger partial charge < -0.3 is 5.32 Å². The van der Waals surface area contributed by atoms with Crippen LogP contribution in [0.4, 0.5) is 5.69 Å². The van der Waals surface area contributed by atoms with Gasteiger partial charge in [0.1, 0.15) is 0 Å². The molecule has 0 aliphatic carbocycles. The minimum absolute atomic E-state index is 0.710. The number of hydrogen-bond acceptors (Lipinski definition) is 2. The zero-order chi connectivity index (χ0) is 12.1. The highest BCUT2D eigenvalue weighted by Gasteiger charge is 2.00. The van der Waals surface area contributed by atoms with Crippen molar-refractivity contribution < 1.29 is 0 Å². The molecule has 0 spiro atoms. The number of nitrogens with zero attached hydrogens (tertiary/aromatic N) is 1. The molecular formula is C14H19N3. The smallest absolute Gasteiger partial charge is 0.0650 e. The highest BCUT2D eigenvalue weighted by atomic mass is 15.1. The lowest BCUT2D eigenvalue weighted by molar-refractivity contribution is 0.593. The highest BCUT2D eigenvalue weighted by molar-refractivity contribution is 5.62. The third kappa shape index (κ3) is 3.09. The minimum atomic E-state index is 0.710. The Hall–Kier alpha value is -1.77. The predicted octanol–water partition coefficient (Wildman–Crippen LogP) is 3.53. The number of hydrogen-bond donors (Lipinski definition) is 2. The van der Waals surface area contributed by atoms with Gasteiger partial charge in [-0.05, 0) is 29.7 Å². The van der Waals surface area contributed by atoms with Crippen LogP contribution in [0.15, 0.2) is 36.5 Å². The van der Waals surface area contributed by atoms with Crippen molar-refractivity contribution in [1.82, 2.24) is 10.2 Å². The first kappa shape index (κ1) is 11.7. The number of anilines is 1. The van der Waals surface area contributed by atoms with Gasteiger partial charge in [-0.1, -0.05) is 32.4 Å². The molecule has 0 saturated heterocycles. The van der Waals surface area contributed by atoms with Crippen LogP contribution in [0.25, 0.3) is 11.3 Å². The summed E-state index contributed by atoms with van der Waals surface area (Å²) in [4.78, 5) is 0. The summed E-state index contributed by atoms with van der Waals surface area (Å²) in [6.45, 7) is 5.50. The molecule has 0 radical (unpaired) electrons. The van der Waals surface area contributed by atoms with Gasteiger partial charge in [-0.15, -0.1) is 0 Å². The van der Waals surface area contributed by atoms with Gasteiger partial charge in [0.2, 0.25) is 0 Å². The van der Waals surface area contributed by atoms with Crippen LogP contribution in [0.1, 0.15) is 20.3 Å². The fourth-order valence-corrected chi connectivity index (χ4v) is 1.62. The lowest BCUT2D eigenvalue weighted by Gasteiger charge is -2.11. The van der Waals surface area contributed by atoms with E-state index in [1.807, 2.05) is 6.07 Å². The van der Waals surface area contributed by atoms with Crippen molar-refractivity contribution >= 4 is 5.69 Å². The average Bonchev–Trinajstić information content (AvgIpc) is 2.90. The van der Waals surface area contributed by atoms with Crippen molar-refractivity contribution in [2.24, 2.45) is 5.92 Å². The van der Waals surface area contributed by atoms with E-state index in [1.165, 1.54) is 12.1 Å². The van der Waals surface area contributed by atoms with Gasteiger partial charge in [0.25, 0.3) is 0 Å². The van der Waals surface area contributed by atoms with Gasteiger partial charge in [0, 0.05) is 18.4 Å². The van der Waals surface area contributed by atoms with Crippen molar-refractivity contribution in [1.29, 1.82) is 0 Å². The van der Waals surface area contributed by atoms with E-state index in [4.69, 9.17) is 0 Å². The molecule has 0 fully saturated rings. The molecule has 1 aromatic heterocycles. The first-order valence-electron chi connectivity index (χ1n) is 6.13. The summed E-state index contributed by atoms with van der Waals surface area (Å²) in [6, 6.07) is 10.4. The van der Waals surface area contributed by atoms with Gasteiger partial charge in [-0.25, -0.2) is 0 Å². The second-order valence-corrected chi connectivity index (χ2v) is 4.44. The minimum Gasteiger partial charge on any atom is -0.385 e. The molecule has 1 unspecified atom stereocenters. The van der Waals surface area contributed by atoms with Crippen LogP contribution >= 0.6 is 0 Å². The summed E-state index contributed by atoms with van der Waals surface area (Å²) in [7, 11) is 0. The first-order valence-corrected chi connectivity index (χ1v) is 6.13. The van der Waals surface area contributed by atoms with E-state index in [0.29, 0.717) is 5.92 Å². The standard InChI is InChI=1S/C14H19N3/c1-3-11(2)10-15-13-6-4-12(5-7-13)14-8-9-16-17-14/h4-9,11,15H,3,10H2,1-2H3,(H,16,17). The Morgan fingerprint density at radius 2 is 2.00 bits per heavy atom. The molecular weight excluding hydrogens is 210 g/mol. The molecule has 0 amide bonds. The number of aromatic amines is 1. The fraction of sp³-hybridized carbons (Fsp3) is 0.357. The maximum Gasteiger partial charge on any atom is 0.0650 e. The molecule has 90 valence electrons. The molecule has 2 rings (SSSR count). The summed E-state index contributed by atoms with van der Waals surface area (Å²) in [6.07, 6.45) is 2.98. The topological polar surface area (TPSA) is 40.7 Å². The van der Waals surface area contributed by atoms with Crippen molar-refractivity contribution in [3.8, 4) is 11.3 Å². The average molecular weight is 229 g/mol. The molecule has 1 heterocycles. The first-order chi connectivity index (χ1) is 8.29. The molecule has 0 aliphatic heterocycles. The van der Waals surface area contributed by atoms with Crippen molar-refractivity contribution in [2.45, 2.75) is 20.3 Å².